The topological polar surface area (TPSA) is 59.9 Å². The SMILES string of the molecule is CN(C)C(=O)c1ccc(-c2ccc3[nH]ccc3c2C#N)cc1. The average molecular weight is 289 g/mol. The van der Waals surface area contributed by atoms with Crippen LogP contribution < -0.4 is 0 Å². The van der Waals surface area contributed by atoms with Gasteiger partial charge in [0, 0.05) is 42.3 Å². The van der Waals surface area contributed by atoms with E-state index in [2.05, 4.69) is 11.1 Å². The Morgan fingerprint density at radius 1 is 1.09 bits per heavy atom. The van der Waals surface area contributed by atoms with E-state index in [4.69, 9.17) is 0 Å². The van der Waals surface area contributed by atoms with Gasteiger partial charge < -0.3 is 9.88 Å². The first-order chi connectivity index (χ1) is 10.6. The number of hydrogen-bond donors (Lipinski definition) is 1. The van der Waals surface area contributed by atoms with E-state index in [1.54, 1.807) is 31.1 Å². The molecule has 22 heavy (non-hydrogen) atoms. The highest BCUT2D eigenvalue weighted by molar-refractivity contribution is 5.95. The second-order valence-electron chi connectivity index (χ2n) is 5.32. The van der Waals surface area contributed by atoms with Crippen LogP contribution in [0, 0.1) is 11.3 Å². The van der Waals surface area contributed by atoms with Crippen LogP contribution in [0.3, 0.4) is 0 Å². The molecule has 0 bridgehead atoms. The lowest BCUT2D eigenvalue weighted by Crippen LogP contribution is -2.21. The Morgan fingerprint density at radius 2 is 1.82 bits per heavy atom. The molecule has 1 amide bonds. The standard InChI is InChI=1S/C18H15N3O/c1-21(2)18(22)13-5-3-12(4-6-13)14-7-8-17-15(9-10-20-17)16(14)11-19/h3-10,20H,1-2H3. The molecule has 0 spiro atoms. The molecular weight excluding hydrogens is 274 g/mol. The third kappa shape index (κ3) is 2.23. The van der Waals surface area contributed by atoms with Crippen LogP contribution in [-0.4, -0.2) is 29.9 Å². The van der Waals surface area contributed by atoms with Gasteiger partial charge in [-0.25, -0.2) is 0 Å². The van der Waals surface area contributed by atoms with Crippen molar-refractivity contribution in [2.75, 3.05) is 14.1 Å². The fourth-order valence-corrected chi connectivity index (χ4v) is 2.54. The van der Waals surface area contributed by atoms with E-state index in [9.17, 15) is 10.1 Å². The number of hydrogen-bond acceptors (Lipinski definition) is 2. The molecule has 0 atom stereocenters. The van der Waals surface area contributed by atoms with Gasteiger partial charge in [0.25, 0.3) is 5.91 Å². The number of fused-ring (bicyclic) bond motifs is 1. The van der Waals surface area contributed by atoms with Crippen LogP contribution in [0.5, 0.6) is 0 Å². The van der Waals surface area contributed by atoms with Gasteiger partial charge in [0.1, 0.15) is 6.07 Å². The fourth-order valence-electron chi connectivity index (χ4n) is 2.54. The third-order valence-corrected chi connectivity index (χ3v) is 3.70. The molecule has 0 saturated carbocycles. The van der Waals surface area contributed by atoms with Gasteiger partial charge in [-0.3, -0.25) is 4.79 Å². The number of H-pyrrole nitrogens is 1. The molecule has 2 aromatic carbocycles. The summed E-state index contributed by atoms with van der Waals surface area (Å²) in [5.74, 6) is -0.0341. The minimum atomic E-state index is -0.0341. The Morgan fingerprint density at radius 3 is 2.45 bits per heavy atom. The van der Waals surface area contributed by atoms with E-state index >= 15 is 0 Å². The van der Waals surface area contributed by atoms with Gasteiger partial charge in [-0.15, -0.1) is 0 Å². The normalized spacial score (nSPS) is 10.4. The maximum Gasteiger partial charge on any atom is 0.253 e. The van der Waals surface area contributed by atoms with Crippen molar-refractivity contribution in [2.24, 2.45) is 0 Å². The van der Waals surface area contributed by atoms with Crippen molar-refractivity contribution in [3.05, 3.63) is 59.8 Å². The summed E-state index contributed by atoms with van der Waals surface area (Å²) in [5, 5.41) is 10.4. The van der Waals surface area contributed by atoms with Gasteiger partial charge in [0.05, 0.1) is 5.56 Å². The lowest BCUT2D eigenvalue weighted by molar-refractivity contribution is 0.0827. The number of nitrogens with zero attached hydrogens (tertiary/aromatic N) is 2. The van der Waals surface area contributed by atoms with Gasteiger partial charge in [-0.1, -0.05) is 18.2 Å². The number of amides is 1. The Balaban J connectivity index is 2.08. The Labute approximate surface area is 128 Å². The van der Waals surface area contributed by atoms with Crippen LogP contribution in [0.4, 0.5) is 0 Å². The molecule has 4 nitrogen and oxygen atoms in total. The van der Waals surface area contributed by atoms with E-state index in [0.29, 0.717) is 11.1 Å². The summed E-state index contributed by atoms with van der Waals surface area (Å²) in [6.07, 6.45) is 1.83. The highest BCUT2D eigenvalue weighted by atomic mass is 16.2. The highest BCUT2D eigenvalue weighted by Crippen LogP contribution is 2.29. The second kappa shape index (κ2) is 5.38. The number of nitrogens with one attached hydrogen (secondary N) is 1. The summed E-state index contributed by atoms with van der Waals surface area (Å²) in [5.41, 5.74) is 4.02. The molecular formula is C18H15N3O. The molecule has 1 N–H and O–H groups in total. The van der Waals surface area contributed by atoms with Crippen LogP contribution in [0.1, 0.15) is 15.9 Å². The van der Waals surface area contributed by atoms with E-state index in [-0.39, 0.29) is 5.91 Å². The number of aromatic nitrogens is 1. The molecule has 0 saturated heterocycles. The molecule has 0 radical (unpaired) electrons. The van der Waals surface area contributed by atoms with Crippen molar-refractivity contribution >= 4 is 16.8 Å². The number of benzene rings is 2. The molecule has 0 aliphatic carbocycles. The van der Waals surface area contributed by atoms with Crippen molar-refractivity contribution in [2.45, 2.75) is 0 Å². The third-order valence-electron chi connectivity index (χ3n) is 3.70. The summed E-state index contributed by atoms with van der Waals surface area (Å²) in [6, 6.07) is 15.4. The van der Waals surface area contributed by atoms with Gasteiger partial charge in [-0.2, -0.15) is 5.26 Å². The van der Waals surface area contributed by atoms with Gasteiger partial charge in [0.15, 0.2) is 0 Å². The maximum absolute atomic E-state index is 11.9. The number of carbonyl (C=O) groups excluding carboxylic acids is 1. The quantitative estimate of drug-likeness (QED) is 0.786. The van der Waals surface area contributed by atoms with Crippen molar-refractivity contribution in [1.82, 2.24) is 9.88 Å². The highest BCUT2D eigenvalue weighted by Gasteiger charge is 2.12. The van der Waals surface area contributed by atoms with Crippen molar-refractivity contribution < 1.29 is 4.79 Å². The fraction of sp³-hybridized carbons (Fsp3) is 0.111. The lowest BCUT2D eigenvalue weighted by Gasteiger charge is -2.11. The molecule has 1 heterocycles. The van der Waals surface area contributed by atoms with E-state index in [0.717, 1.165) is 22.0 Å². The van der Waals surface area contributed by atoms with Crippen LogP contribution in [0.25, 0.3) is 22.0 Å². The number of aromatic amines is 1. The predicted octanol–water partition coefficient (Wildman–Crippen LogP) is 3.41. The van der Waals surface area contributed by atoms with E-state index < -0.39 is 0 Å². The molecule has 3 rings (SSSR count). The second-order valence-corrected chi connectivity index (χ2v) is 5.32. The first-order valence-corrected chi connectivity index (χ1v) is 6.94. The largest absolute Gasteiger partial charge is 0.361 e. The van der Waals surface area contributed by atoms with Gasteiger partial charge >= 0.3 is 0 Å². The molecule has 0 fully saturated rings. The molecule has 0 unspecified atom stereocenters. The van der Waals surface area contributed by atoms with Crippen LogP contribution in [0.2, 0.25) is 0 Å². The smallest absolute Gasteiger partial charge is 0.253 e. The van der Waals surface area contributed by atoms with E-state index in [1.165, 1.54) is 0 Å². The predicted molar refractivity (Wildman–Crippen MR) is 86.5 cm³/mol. The average Bonchev–Trinajstić information content (AvgIpc) is 3.01. The van der Waals surface area contributed by atoms with Crippen molar-refractivity contribution in [3.63, 3.8) is 0 Å². The minimum absolute atomic E-state index is 0.0341. The monoisotopic (exact) mass is 289 g/mol. The lowest BCUT2D eigenvalue weighted by atomic mass is 9.96. The van der Waals surface area contributed by atoms with Crippen molar-refractivity contribution in [3.8, 4) is 17.2 Å². The summed E-state index contributed by atoms with van der Waals surface area (Å²) >= 11 is 0. The summed E-state index contributed by atoms with van der Waals surface area (Å²) in [6.45, 7) is 0. The Bertz CT molecular complexity index is 883. The van der Waals surface area contributed by atoms with Crippen LogP contribution in [0.15, 0.2) is 48.7 Å². The zero-order valence-corrected chi connectivity index (χ0v) is 12.4. The van der Waals surface area contributed by atoms with E-state index in [1.807, 2.05) is 36.5 Å². The van der Waals surface area contributed by atoms with Gasteiger partial charge in [-0.05, 0) is 29.8 Å². The van der Waals surface area contributed by atoms with Crippen LogP contribution in [-0.2, 0) is 0 Å². The number of nitriles is 1. The zero-order chi connectivity index (χ0) is 15.7. The zero-order valence-electron chi connectivity index (χ0n) is 12.4. The summed E-state index contributed by atoms with van der Waals surface area (Å²) in [7, 11) is 3.45. The molecule has 4 heteroatoms. The Hall–Kier alpha value is -3.06. The first kappa shape index (κ1) is 13.9. The van der Waals surface area contributed by atoms with Crippen molar-refractivity contribution in [1.29, 1.82) is 5.26 Å². The molecule has 0 aliphatic heterocycles. The molecule has 108 valence electrons. The number of carbonyl (C=O) groups is 1. The maximum atomic E-state index is 11.9. The first-order valence-electron chi connectivity index (χ1n) is 6.94. The summed E-state index contributed by atoms with van der Waals surface area (Å²) < 4.78 is 0. The number of rotatable bonds is 2. The summed E-state index contributed by atoms with van der Waals surface area (Å²) in [4.78, 5) is 16.6. The molecule has 0 aliphatic rings. The van der Waals surface area contributed by atoms with Gasteiger partial charge in [0.2, 0.25) is 0 Å². The molecule has 3 aromatic rings. The van der Waals surface area contributed by atoms with Crippen LogP contribution >= 0.6 is 0 Å². The Kier molecular flexibility index (Phi) is 3.40. The molecule has 1 aromatic heterocycles. The minimum Gasteiger partial charge on any atom is -0.361 e.